The number of hydrogen-bond acceptors (Lipinski definition) is 2. The number of hydrogen-bond donors (Lipinski definition) is 0. The second-order valence-corrected chi connectivity index (χ2v) is 6.33. The zero-order valence-electron chi connectivity index (χ0n) is 12.2. The second kappa shape index (κ2) is 7.06. The first kappa shape index (κ1) is 14.5. The van der Waals surface area contributed by atoms with Crippen molar-refractivity contribution in [1.29, 1.82) is 0 Å². The summed E-state index contributed by atoms with van der Waals surface area (Å²) in [6.07, 6.45) is 10.9. The minimum absolute atomic E-state index is 0.183. The maximum absolute atomic E-state index is 12.4. The van der Waals surface area contributed by atoms with Gasteiger partial charge in [0.1, 0.15) is 5.78 Å². The summed E-state index contributed by atoms with van der Waals surface area (Å²) < 4.78 is 0. The van der Waals surface area contributed by atoms with Crippen LogP contribution in [0.15, 0.2) is 0 Å². The number of carbonyl (C=O) groups excluding carboxylic acids is 2. The summed E-state index contributed by atoms with van der Waals surface area (Å²) in [4.78, 5) is 25.7. The third-order valence-electron chi connectivity index (χ3n) is 4.71. The van der Waals surface area contributed by atoms with Gasteiger partial charge in [-0.3, -0.25) is 9.59 Å². The molecule has 0 aromatic rings. The highest BCUT2D eigenvalue weighted by Gasteiger charge is 2.28. The van der Waals surface area contributed by atoms with Crippen LogP contribution in [0.25, 0.3) is 0 Å². The molecule has 1 amide bonds. The Hall–Kier alpha value is -0.860. The molecular formula is C16H27NO2. The van der Waals surface area contributed by atoms with E-state index in [-0.39, 0.29) is 17.7 Å². The molecule has 0 bridgehead atoms. The molecule has 108 valence electrons. The van der Waals surface area contributed by atoms with E-state index < -0.39 is 0 Å². The molecule has 1 aliphatic carbocycles. The minimum atomic E-state index is 0.183. The molecule has 1 atom stereocenters. The van der Waals surface area contributed by atoms with Gasteiger partial charge in [-0.2, -0.15) is 0 Å². The van der Waals surface area contributed by atoms with Crippen LogP contribution in [0.4, 0.5) is 0 Å². The van der Waals surface area contributed by atoms with Crippen LogP contribution in [0, 0.1) is 5.92 Å². The Morgan fingerprint density at radius 3 is 2.42 bits per heavy atom. The lowest BCUT2D eigenvalue weighted by molar-refractivity contribution is -0.136. The smallest absolute Gasteiger partial charge is 0.222 e. The molecule has 1 aliphatic heterocycles. The highest BCUT2D eigenvalue weighted by Crippen LogP contribution is 2.29. The summed E-state index contributed by atoms with van der Waals surface area (Å²) in [5.41, 5.74) is 0. The van der Waals surface area contributed by atoms with Crippen molar-refractivity contribution in [2.24, 2.45) is 5.92 Å². The zero-order chi connectivity index (χ0) is 13.7. The van der Waals surface area contributed by atoms with Crippen molar-refractivity contribution < 1.29 is 9.59 Å². The third-order valence-corrected chi connectivity index (χ3v) is 4.71. The Morgan fingerprint density at radius 1 is 1.05 bits per heavy atom. The van der Waals surface area contributed by atoms with Gasteiger partial charge in [-0.1, -0.05) is 25.7 Å². The van der Waals surface area contributed by atoms with Gasteiger partial charge in [0.05, 0.1) is 0 Å². The number of nitrogens with zero attached hydrogens (tertiary/aromatic N) is 1. The van der Waals surface area contributed by atoms with Crippen LogP contribution in [0.3, 0.4) is 0 Å². The first-order valence-corrected chi connectivity index (χ1v) is 7.95. The molecule has 1 saturated heterocycles. The maximum atomic E-state index is 12.4. The average Bonchev–Trinajstić information content (AvgIpc) is 2.89. The quantitative estimate of drug-likeness (QED) is 0.764. The van der Waals surface area contributed by atoms with E-state index in [4.69, 9.17) is 0 Å². The summed E-state index contributed by atoms with van der Waals surface area (Å²) in [5.74, 6) is 1.28. The highest BCUT2D eigenvalue weighted by atomic mass is 16.2. The fourth-order valence-electron chi connectivity index (χ4n) is 3.64. The second-order valence-electron chi connectivity index (χ2n) is 6.33. The number of likely N-dealkylation sites (tertiary alicyclic amines) is 1. The van der Waals surface area contributed by atoms with Crippen LogP contribution in [0.5, 0.6) is 0 Å². The van der Waals surface area contributed by atoms with Gasteiger partial charge in [0.25, 0.3) is 0 Å². The summed E-state index contributed by atoms with van der Waals surface area (Å²) in [7, 11) is 0. The monoisotopic (exact) mass is 265 g/mol. The molecule has 0 N–H and O–H groups in total. The van der Waals surface area contributed by atoms with Gasteiger partial charge in [0.2, 0.25) is 5.91 Å². The Balaban J connectivity index is 1.82. The van der Waals surface area contributed by atoms with Crippen molar-refractivity contribution in [2.45, 2.75) is 77.2 Å². The van der Waals surface area contributed by atoms with E-state index in [2.05, 4.69) is 0 Å². The number of piperidine rings is 1. The topological polar surface area (TPSA) is 37.4 Å². The lowest BCUT2D eigenvalue weighted by atomic mass is 9.96. The van der Waals surface area contributed by atoms with Crippen molar-refractivity contribution in [3.05, 3.63) is 0 Å². The molecular weight excluding hydrogens is 238 g/mol. The van der Waals surface area contributed by atoms with Crippen LogP contribution in [-0.2, 0) is 9.59 Å². The Kier molecular flexibility index (Phi) is 5.41. The van der Waals surface area contributed by atoms with Crippen LogP contribution in [-0.4, -0.2) is 29.2 Å². The summed E-state index contributed by atoms with van der Waals surface area (Å²) in [5, 5.41) is 0. The number of carbonyl (C=O) groups is 2. The van der Waals surface area contributed by atoms with Crippen LogP contribution in [0.2, 0.25) is 0 Å². The zero-order valence-corrected chi connectivity index (χ0v) is 12.2. The molecule has 1 heterocycles. The normalized spacial score (nSPS) is 24.7. The first-order chi connectivity index (χ1) is 9.16. The maximum Gasteiger partial charge on any atom is 0.222 e. The number of Topliss-reactive ketones (excluding diaryl/α,β-unsaturated/α-hetero) is 1. The van der Waals surface area contributed by atoms with Gasteiger partial charge in [0, 0.05) is 25.4 Å². The Morgan fingerprint density at radius 2 is 1.74 bits per heavy atom. The van der Waals surface area contributed by atoms with Gasteiger partial charge in [-0.05, 0) is 38.5 Å². The fourth-order valence-corrected chi connectivity index (χ4v) is 3.64. The summed E-state index contributed by atoms with van der Waals surface area (Å²) in [6, 6.07) is 0.183. The molecule has 0 spiro atoms. The molecule has 0 aromatic carbocycles. The van der Waals surface area contributed by atoms with Gasteiger partial charge in [-0.15, -0.1) is 0 Å². The van der Waals surface area contributed by atoms with Crippen molar-refractivity contribution in [3.63, 3.8) is 0 Å². The third kappa shape index (κ3) is 4.32. The Labute approximate surface area is 116 Å². The molecule has 3 heteroatoms. The molecule has 1 saturated carbocycles. The van der Waals surface area contributed by atoms with Gasteiger partial charge >= 0.3 is 0 Å². The average molecular weight is 265 g/mol. The minimum Gasteiger partial charge on any atom is -0.339 e. The van der Waals surface area contributed by atoms with Crippen LogP contribution < -0.4 is 0 Å². The number of rotatable bonds is 5. The van der Waals surface area contributed by atoms with Crippen molar-refractivity contribution in [3.8, 4) is 0 Å². The van der Waals surface area contributed by atoms with Crippen LogP contribution >= 0.6 is 0 Å². The number of amides is 1. The van der Waals surface area contributed by atoms with Gasteiger partial charge in [0.15, 0.2) is 0 Å². The molecule has 3 nitrogen and oxygen atoms in total. The highest BCUT2D eigenvalue weighted by molar-refractivity contribution is 5.79. The van der Waals surface area contributed by atoms with Gasteiger partial charge in [-0.25, -0.2) is 0 Å². The van der Waals surface area contributed by atoms with E-state index in [0.29, 0.717) is 12.8 Å². The van der Waals surface area contributed by atoms with Crippen molar-refractivity contribution >= 4 is 11.7 Å². The van der Waals surface area contributed by atoms with Crippen molar-refractivity contribution in [2.75, 3.05) is 6.54 Å². The first-order valence-electron chi connectivity index (χ1n) is 7.95. The SMILES string of the molecule is CC(=O)CC1CCCCN1C(=O)CCC1CCCC1. The molecule has 0 aromatic heterocycles. The van der Waals surface area contributed by atoms with E-state index in [1.807, 2.05) is 4.90 Å². The molecule has 0 radical (unpaired) electrons. The fraction of sp³-hybridized carbons (Fsp3) is 0.875. The molecule has 2 fully saturated rings. The van der Waals surface area contributed by atoms with E-state index in [0.717, 1.165) is 38.1 Å². The predicted octanol–water partition coefficient (Wildman–Crippen LogP) is 3.32. The van der Waals surface area contributed by atoms with Crippen LogP contribution in [0.1, 0.15) is 71.1 Å². The Bertz CT molecular complexity index is 321. The largest absolute Gasteiger partial charge is 0.339 e. The van der Waals surface area contributed by atoms with E-state index >= 15 is 0 Å². The van der Waals surface area contributed by atoms with E-state index in [9.17, 15) is 9.59 Å². The standard InChI is InChI=1S/C16H27NO2/c1-13(18)12-15-8-4-5-11-17(15)16(19)10-9-14-6-2-3-7-14/h14-15H,2-12H2,1H3. The lowest BCUT2D eigenvalue weighted by Crippen LogP contribution is -2.44. The molecule has 2 rings (SSSR count). The molecule has 1 unspecified atom stereocenters. The molecule has 2 aliphatic rings. The van der Waals surface area contributed by atoms with Gasteiger partial charge < -0.3 is 4.90 Å². The molecule has 19 heavy (non-hydrogen) atoms. The lowest BCUT2D eigenvalue weighted by Gasteiger charge is -2.35. The predicted molar refractivity (Wildman–Crippen MR) is 75.8 cm³/mol. The summed E-state index contributed by atoms with van der Waals surface area (Å²) in [6.45, 7) is 2.50. The van der Waals surface area contributed by atoms with Crippen molar-refractivity contribution in [1.82, 2.24) is 4.90 Å². The van der Waals surface area contributed by atoms with E-state index in [1.165, 1.54) is 25.7 Å². The van der Waals surface area contributed by atoms with E-state index in [1.54, 1.807) is 6.92 Å². The summed E-state index contributed by atoms with van der Waals surface area (Å²) >= 11 is 0. The number of ketones is 1.